The van der Waals surface area contributed by atoms with E-state index in [1.807, 2.05) is 0 Å². The molecule has 7 heteroatoms. The molecule has 1 aromatic heterocycles. The molecule has 0 amide bonds. The van der Waals surface area contributed by atoms with Gasteiger partial charge in [-0.1, -0.05) is 11.6 Å². The van der Waals surface area contributed by atoms with Crippen molar-refractivity contribution in [2.24, 2.45) is 0 Å². The zero-order chi connectivity index (χ0) is 12.6. The summed E-state index contributed by atoms with van der Waals surface area (Å²) < 4.78 is 7.16. The van der Waals surface area contributed by atoms with Gasteiger partial charge in [0.25, 0.3) is 0 Å². The second-order valence-electron chi connectivity index (χ2n) is 3.43. The number of nitrogens with two attached hydrogens (primary N) is 1. The van der Waals surface area contributed by atoms with Gasteiger partial charge in [-0.25, -0.2) is 4.79 Å². The summed E-state index contributed by atoms with van der Waals surface area (Å²) >= 11 is 6.02. The maximum atomic E-state index is 11.8. The van der Waals surface area contributed by atoms with Crippen LogP contribution in [0.1, 0.15) is 5.82 Å². The maximum Gasteiger partial charge on any atom is 0.369 e. The lowest BCUT2D eigenvalue weighted by molar-refractivity contribution is 0.414. The molecule has 2 N–H and O–H groups in total. The Bertz CT molecular complexity index is 617. The second-order valence-corrected chi connectivity index (χ2v) is 3.84. The van der Waals surface area contributed by atoms with Crippen LogP contribution < -0.4 is 16.3 Å². The molecule has 2 rings (SSSR count). The Morgan fingerprint density at radius 3 is 2.71 bits per heavy atom. The van der Waals surface area contributed by atoms with E-state index in [2.05, 4.69) is 5.10 Å². The van der Waals surface area contributed by atoms with Gasteiger partial charge in [0.1, 0.15) is 5.75 Å². The molecule has 0 saturated carbocycles. The number of benzene rings is 1. The Labute approximate surface area is 102 Å². The van der Waals surface area contributed by atoms with Gasteiger partial charge >= 0.3 is 5.69 Å². The van der Waals surface area contributed by atoms with Crippen molar-refractivity contribution in [3.63, 3.8) is 0 Å². The summed E-state index contributed by atoms with van der Waals surface area (Å²) in [5.74, 6) is 6.49. The average Bonchev–Trinajstić information content (AvgIpc) is 2.58. The third-order valence-electron chi connectivity index (χ3n) is 2.36. The largest absolute Gasteiger partial charge is 0.497 e. The van der Waals surface area contributed by atoms with Crippen LogP contribution in [0.2, 0.25) is 5.02 Å². The number of aromatic nitrogens is 3. The van der Waals surface area contributed by atoms with Crippen molar-refractivity contribution >= 4 is 11.6 Å². The first-order valence-corrected chi connectivity index (χ1v) is 5.20. The van der Waals surface area contributed by atoms with E-state index < -0.39 is 5.69 Å². The normalized spacial score (nSPS) is 10.5. The number of hydrogen-bond donors (Lipinski definition) is 1. The molecule has 0 aliphatic heterocycles. The zero-order valence-corrected chi connectivity index (χ0v) is 10.1. The molecule has 0 aliphatic carbocycles. The maximum absolute atomic E-state index is 11.8. The van der Waals surface area contributed by atoms with Crippen molar-refractivity contribution < 1.29 is 4.74 Å². The number of hydrogen-bond acceptors (Lipinski definition) is 4. The minimum atomic E-state index is -0.461. The van der Waals surface area contributed by atoms with Gasteiger partial charge in [0.15, 0.2) is 5.82 Å². The Kier molecular flexibility index (Phi) is 2.81. The van der Waals surface area contributed by atoms with Gasteiger partial charge in [0.2, 0.25) is 0 Å². The molecule has 0 aliphatic rings. The molecule has 0 spiro atoms. The second kappa shape index (κ2) is 4.14. The van der Waals surface area contributed by atoms with Crippen LogP contribution in [0.25, 0.3) is 5.69 Å². The van der Waals surface area contributed by atoms with Crippen molar-refractivity contribution in [2.45, 2.75) is 6.92 Å². The predicted octanol–water partition coefficient (Wildman–Crippen LogP) is 0.718. The highest BCUT2D eigenvalue weighted by Crippen LogP contribution is 2.23. The summed E-state index contributed by atoms with van der Waals surface area (Å²) in [6.45, 7) is 1.63. The molecule has 0 bridgehead atoms. The number of nitrogen functional groups attached to an aromatic ring is 1. The standard InChI is InChI=1S/C10H11ClN4O2/c1-6-13-15(10(16)14(6)12)9-5-7(17-2)3-4-8(9)11/h3-5H,12H2,1-2H3. The summed E-state index contributed by atoms with van der Waals surface area (Å²) in [6, 6.07) is 4.95. The van der Waals surface area contributed by atoms with E-state index in [0.717, 1.165) is 9.36 Å². The monoisotopic (exact) mass is 254 g/mol. The van der Waals surface area contributed by atoms with Crippen molar-refractivity contribution in [1.29, 1.82) is 0 Å². The first-order valence-electron chi connectivity index (χ1n) is 4.82. The summed E-state index contributed by atoms with van der Waals surface area (Å²) in [6.07, 6.45) is 0. The minimum absolute atomic E-state index is 0.394. The topological polar surface area (TPSA) is 75.1 Å². The number of aryl methyl sites for hydroxylation is 1. The van der Waals surface area contributed by atoms with Gasteiger partial charge in [-0.3, -0.25) is 0 Å². The first kappa shape index (κ1) is 11.5. The zero-order valence-electron chi connectivity index (χ0n) is 9.35. The van der Waals surface area contributed by atoms with Gasteiger partial charge in [-0.05, 0) is 19.1 Å². The molecule has 2 aromatic rings. The van der Waals surface area contributed by atoms with Gasteiger partial charge in [0.05, 0.1) is 17.8 Å². The molecule has 17 heavy (non-hydrogen) atoms. The lowest BCUT2D eigenvalue weighted by atomic mass is 10.3. The van der Waals surface area contributed by atoms with Gasteiger partial charge in [-0.2, -0.15) is 9.36 Å². The molecule has 0 fully saturated rings. The van der Waals surface area contributed by atoms with Gasteiger partial charge in [-0.15, -0.1) is 5.10 Å². The predicted molar refractivity (Wildman–Crippen MR) is 64.3 cm³/mol. The van der Waals surface area contributed by atoms with Crippen LogP contribution in [-0.4, -0.2) is 21.6 Å². The molecule has 0 saturated heterocycles. The van der Waals surface area contributed by atoms with Gasteiger partial charge < -0.3 is 10.6 Å². The van der Waals surface area contributed by atoms with Crippen LogP contribution >= 0.6 is 11.6 Å². The highest BCUT2D eigenvalue weighted by Gasteiger charge is 2.12. The molecule has 0 radical (unpaired) electrons. The third kappa shape index (κ3) is 1.87. The van der Waals surface area contributed by atoms with Gasteiger partial charge in [0, 0.05) is 6.07 Å². The number of rotatable bonds is 2. The van der Waals surface area contributed by atoms with Crippen molar-refractivity contribution in [3.05, 3.63) is 39.5 Å². The number of nitrogens with zero attached hydrogens (tertiary/aromatic N) is 3. The Morgan fingerprint density at radius 1 is 1.47 bits per heavy atom. The van der Waals surface area contributed by atoms with E-state index in [9.17, 15) is 4.79 Å². The van der Waals surface area contributed by atoms with E-state index in [1.54, 1.807) is 25.1 Å². The fraction of sp³-hybridized carbons (Fsp3) is 0.200. The van der Waals surface area contributed by atoms with Crippen LogP contribution in [0.4, 0.5) is 0 Å². The van der Waals surface area contributed by atoms with Crippen molar-refractivity contribution in [1.82, 2.24) is 14.5 Å². The van der Waals surface area contributed by atoms with Crippen molar-refractivity contribution in [3.8, 4) is 11.4 Å². The highest BCUT2D eigenvalue weighted by molar-refractivity contribution is 6.32. The van der Waals surface area contributed by atoms with Crippen molar-refractivity contribution in [2.75, 3.05) is 13.0 Å². The summed E-state index contributed by atoms with van der Waals surface area (Å²) in [7, 11) is 1.53. The Balaban J connectivity index is 2.67. The van der Waals surface area contributed by atoms with Crippen LogP contribution in [-0.2, 0) is 0 Å². The SMILES string of the molecule is COc1ccc(Cl)c(-n2nc(C)n(N)c2=O)c1. The molecule has 6 nitrogen and oxygen atoms in total. The van der Waals surface area contributed by atoms with E-state index in [1.165, 1.54) is 7.11 Å². The fourth-order valence-corrected chi connectivity index (χ4v) is 1.61. The smallest absolute Gasteiger partial charge is 0.369 e. The lowest BCUT2D eigenvalue weighted by Crippen LogP contribution is -2.29. The highest BCUT2D eigenvalue weighted by atomic mass is 35.5. The van der Waals surface area contributed by atoms with E-state index in [4.69, 9.17) is 22.2 Å². The minimum Gasteiger partial charge on any atom is -0.497 e. The van der Waals surface area contributed by atoms with E-state index in [0.29, 0.717) is 22.3 Å². The number of halogens is 1. The molecule has 1 heterocycles. The molecule has 0 unspecified atom stereocenters. The van der Waals surface area contributed by atoms with Crippen LogP contribution in [0.5, 0.6) is 5.75 Å². The lowest BCUT2D eigenvalue weighted by Gasteiger charge is -2.05. The quantitative estimate of drug-likeness (QED) is 0.802. The van der Waals surface area contributed by atoms with Crippen LogP contribution in [0.15, 0.2) is 23.0 Å². The average molecular weight is 255 g/mol. The van der Waals surface area contributed by atoms with E-state index >= 15 is 0 Å². The van der Waals surface area contributed by atoms with E-state index in [-0.39, 0.29) is 0 Å². The first-order chi connectivity index (χ1) is 8.04. The fourth-order valence-electron chi connectivity index (χ4n) is 1.41. The molecule has 90 valence electrons. The Hall–Kier alpha value is -1.95. The summed E-state index contributed by atoms with van der Waals surface area (Å²) in [4.78, 5) is 11.8. The van der Waals surface area contributed by atoms with Crippen LogP contribution in [0.3, 0.4) is 0 Å². The molecular weight excluding hydrogens is 244 g/mol. The van der Waals surface area contributed by atoms with Crippen LogP contribution in [0, 0.1) is 6.92 Å². The number of ether oxygens (including phenoxy) is 1. The third-order valence-corrected chi connectivity index (χ3v) is 2.68. The Morgan fingerprint density at radius 2 is 2.18 bits per heavy atom. The molecular formula is C10H11ClN4O2. The summed E-state index contributed by atoms with van der Waals surface area (Å²) in [5, 5.41) is 4.41. The molecule has 0 atom stereocenters. The molecule has 1 aromatic carbocycles. The number of methoxy groups -OCH3 is 1. The summed E-state index contributed by atoms with van der Waals surface area (Å²) in [5.41, 5.74) is -0.0269.